The van der Waals surface area contributed by atoms with E-state index in [4.69, 9.17) is 9.90 Å². The average molecular weight is 601 g/mol. The minimum Gasteiger partial charge on any atom is -0.478 e. The summed E-state index contributed by atoms with van der Waals surface area (Å²) in [7, 11) is 0. The molecule has 13 heteroatoms. The smallest absolute Gasteiger partial charge is 0.478 e. The molecule has 0 atom stereocenters. The molecule has 1 fully saturated rings. The number of carboxylic acid groups (broad SMARTS) is 2. The van der Waals surface area contributed by atoms with Crippen LogP contribution < -0.4 is 15.5 Å². The van der Waals surface area contributed by atoms with Crippen LogP contribution in [0.25, 0.3) is 0 Å². The third kappa shape index (κ3) is 9.85. The molecule has 0 aliphatic carbocycles. The second-order valence-electron chi connectivity index (χ2n) is 9.84. The number of nitrogens with zero attached hydrogens (tertiary/aromatic N) is 2. The zero-order valence-corrected chi connectivity index (χ0v) is 23.4. The summed E-state index contributed by atoms with van der Waals surface area (Å²) in [5.41, 5.74) is 4.76. The molecule has 1 heterocycles. The number of hydrogen-bond acceptors (Lipinski definition) is 6. The highest BCUT2D eigenvalue weighted by Crippen LogP contribution is 2.29. The van der Waals surface area contributed by atoms with E-state index >= 15 is 0 Å². The minimum atomic E-state index is -5.08. The summed E-state index contributed by atoms with van der Waals surface area (Å²) in [6, 6.07) is 19.7. The maximum absolute atomic E-state index is 12.9. The van der Waals surface area contributed by atoms with E-state index in [1.807, 2.05) is 50.2 Å². The molecular formula is C30H31F3N4O6. The fourth-order valence-corrected chi connectivity index (χ4v) is 4.13. The number of amides is 2. The van der Waals surface area contributed by atoms with Crippen LogP contribution >= 0.6 is 0 Å². The largest absolute Gasteiger partial charge is 0.490 e. The molecular weight excluding hydrogens is 569 g/mol. The van der Waals surface area contributed by atoms with Crippen LogP contribution in [0, 0.1) is 13.8 Å². The number of carbonyl (C=O) groups is 4. The maximum Gasteiger partial charge on any atom is 0.490 e. The Labute approximate surface area is 245 Å². The average Bonchev–Trinajstić information content (AvgIpc) is 2.95. The van der Waals surface area contributed by atoms with Gasteiger partial charge < -0.3 is 25.7 Å². The lowest BCUT2D eigenvalue weighted by Crippen LogP contribution is -2.48. The number of halogens is 3. The van der Waals surface area contributed by atoms with Gasteiger partial charge in [0, 0.05) is 37.4 Å². The molecule has 0 unspecified atom stereocenters. The number of carboxylic acids is 2. The Balaban J connectivity index is 0.000000646. The number of carbonyl (C=O) groups excluding carboxylic acids is 2. The molecule has 1 saturated heterocycles. The van der Waals surface area contributed by atoms with Gasteiger partial charge >= 0.3 is 18.1 Å². The van der Waals surface area contributed by atoms with Crippen LogP contribution in [0.5, 0.6) is 0 Å². The van der Waals surface area contributed by atoms with E-state index in [1.54, 1.807) is 24.3 Å². The quantitative estimate of drug-likeness (QED) is 0.308. The molecule has 0 saturated carbocycles. The first-order valence-corrected chi connectivity index (χ1v) is 13.1. The minimum absolute atomic E-state index is 0.0656. The molecule has 4 N–H and O–H groups in total. The van der Waals surface area contributed by atoms with E-state index < -0.39 is 18.1 Å². The van der Waals surface area contributed by atoms with Crippen molar-refractivity contribution in [1.82, 2.24) is 4.90 Å². The first kappa shape index (κ1) is 32.6. The van der Waals surface area contributed by atoms with Crippen molar-refractivity contribution in [3.63, 3.8) is 0 Å². The van der Waals surface area contributed by atoms with Gasteiger partial charge in [-0.2, -0.15) is 13.2 Å². The number of piperazine rings is 1. The van der Waals surface area contributed by atoms with Crippen molar-refractivity contribution in [2.45, 2.75) is 20.0 Å². The molecule has 3 aromatic carbocycles. The molecule has 1 aliphatic heterocycles. The lowest BCUT2D eigenvalue weighted by Gasteiger charge is -2.36. The highest BCUT2D eigenvalue weighted by atomic mass is 19.4. The topological polar surface area (TPSA) is 139 Å². The Morgan fingerprint density at radius 1 is 0.767 bits per heavy atom. The molecule has 4 rings (SSSR count). The van der Waals surface area contributed by atoms with Gasteiger partial charge in [0.25, 0.3) is 5.91 Å². The van der Waals surface area contributed by atoms with Crippen molar-refractivity contribution >= 4 is 40.8 Å². The van der Waals surface area contributed by atoms with Crippen LogP contribution in [0.15, 0.2) is 66.7 Å². The number of hydrogen-bond donors (Lipinski definition) is 4. The summed E-state index contributed by atoms with van der Waals surface area (Å²) in [6.45, 7) is 6.83. The van der Waals surface area contributed by atoms with Gasteiger partial charge in [0.05, 0.1) is 23.5 Å². The number of aryl methyl sites for hydroxylation is 2. The fraction of sp³-hybridized carbons (Fsp3) is 0.267. The molecule has 0 bridgehead atoms. The van der Waals surface area contributed by atoms with Gasteiger partial charge in [-0.05, 0) is 56.3 Å². The van der Waals surface area contributed by atoms with Crippen LogP contribution in [0.3, 0.4) is 0 Å². The van der Waals surface area contributed by atoms with Crippen molar-refractivity contribution in [3.05, 3.63) is 89.0 Å². The Morgan fingerprint density at radius 3 is 1.79 bits per heavy atom. The van der Waals surface area contributed by atoms with Gasteiger partial charge in [-0.1, -0.05) is 35.4 Å². The first-order chi connectivity index (χ1) is 20.2. The van der Waals surface area contributed by atoms with Crippen LogP contribution in [-0.2, 0) is 9.59 Å². The maximum atomic E-state index is 12.9. The molecule has 0 radical (unpaired) electrons. The van der Waals surface area contributed by atoms with Gasteiger partial charge in [0.1, 0.15) is 0 Å². The highest BCUT2D eigenvalue weighted by Gasteiger charge is 2.38. The number of alkyl halides is 3. The Bertz CT molecular complexity index is 1450. The lowest BCUT2D eigenvalue weighted by molar-refractivity contribution is -0.192. The molecule has 228 valence electrons. The van der Waals surface area contributed by atoms with E-state index in [0.29, 0.717) is 37.4 Å². The van der Waals surface area contributed by atoms with Gasteiger partial charge in [0.15, 0.2) is 0 Å². The highest BCUT2D eigenvalue weighted by molar-refractivity contribution is 6.06. The summed E-state index contributed by atoms with van der Waals surface area (Å²) in [5, 5.41) is 22.4. The summed E-state index contributed by atoms with van der Waals surface area (Å²) < 4.78 is 31.7. The van der Waals surface area contributed by atoms with Gasteiger partial charge in [-0.3, -0.25) is 14.5 Å². The Hall–Kier alpha value is -4.91. The second kappa shape index (κ2) is 14.3. The van der Waals surface area contributed by atoms with E-state index in [9.17, 15) is 32.7 Å². The van der Waals surface area contributed by atoms with Gasteiger partial charge in [0.2, 0.25) is 5.91 Å². The number of benzene rings is 3. The SMILES string of the molecule is Cc1ccc(NC(=O)CN2CCN(c3ccc(C(=O)O)cc3NC(=O)c3ccc(C)cc3)CC2)cc1.O=C(O)C(F)(F)F. The van der Waals surface area contributed by atoms with Crippen molar-refractivity contribution in [2.75, 3.05) is 48.3 Å². The predicted molar refractivity (Wildman–Crippen MR) is 155 cm³/mol. The summed E-state index contributed by atoms with van der Waals surface area (Å²) in [4.78, 5) is 50.0. The van der Waals surface area contributed by atoms with E-state index in [-0.39, 0.29) is 23.9 Å². The molecule has 1 aliphatic rings. The first-order valence-electron chi connectivity index (χ1n) is 13.1. The van der Waals surface area contributed by atoms with E-state index in [0.717, 1.165) is 22.5 Å². The molecule has 43 heavy (non-hydrogen) atoms. The van der Waals surface area contributed by atoms with Crippen LogP contribution in [0.4, 0.5) is 30.2 Å². The number of aromatic carboxylic acids is 1. The summed E-state index contributed by atoms with van der Waals surface area (Å²) in [5.74, 6) is -4.18. The Kier molecular flexibility index (Phi) is 10.9. The standard InChI is InChI=1S/C28H30N4O4.C2HF3O2/c1-19-3-7-21(8-4-19)27(34)30-24-17-22(28(35)36)9-12-25(24)32-15-13-31(14-16-32)18-26(33)29-23-10-5-20(2)6-11-23;3-2(4,5)1(6)7/h3-12,17H,13-16,18H2,1-2H3,(H,29,33)(H,30,34)(H,35,36);(H,6,7). The molecule has 2 amide bonds. The van der Waals surface area contributed by atoms with Gasteiger partial charge in [-0.25, -0.2) is 9.59 Å². The zero-order chi connectivity index (χ0) is 31.7. The third-order valence-corrected chi connectivity index (χ3v) is 6.46. The summed E-state index contributed by atoms with van der Waals surface area (Å²) in [6.07, 6.45) is -5.08. The summed E-state index contributed by atoms with van der Waals surface area (Å²) >= 11 is 0. The van der Waals surface area contributed by atoms with Crippen LogP contribution in [-0.4, -0.2) is 77.8 Å². The van der Waals surface area contributed by atoms with Crippen molar-refractivity contribution in [3.8, 4) is 0 Å². The van der Waals surface area contributed by atoms with Crippen LogP contribution in [0.2, 0.25) is 0 Å². The van der Waals surface area contributed by atoms with E-state index in [1.165, 1.54) is 6.07 Å². The predicted octanol–water partition coefficient (Wildman–Crippen LogP) is 4.65. The van der Waals surface area contributed by atoms with E-state index in [2.05, 4.69) is 20.4 Å². The number of rotatable bonds is 7. The second-order valence-corrected chi connectivity index (χ2v) is 9.84. The molecule has 10 nitrogen and oxygen atoms in total. The van der Waals surface area contributed by atoms with Crippen molar-refractivity contribution in [2.24, 2.45) is 0 Å². The number of aliphatic carboxylic acids is 1. The van der Waals surface area contributed by atoms with Crippen molar-refractivity contribution < 1.29 is 42.6 Å². The zero-order valence-electron chi connectivity index (χ0n) is 23.4. The molecule has 0 spiro atoms. The molecule has 0 aromatic heterocycles. The molecule has 3 aromatic rings. The lowest BCUT2D eigenvalue weighted by atomic mass is 10.1. The van der Waals surface area contributed by atoms with Gasteiger partial charge in [-0.15, -0.1) is 0 Å². The monoisotopic (exact) mass is 600 g/mol. The van der Waals surface area contributed by atoms with Crippen LogP contribution in [0.1, 0.15) is 31.8 Å². The van der Waals surface area contributed by atoms with Crippen molar-refractivity contribution in [1.29, 1.82) is 0 Å². The number of nitrogens with one attached hydrogen (secondary N) is 2. The fourth-order valence-electron chi connectivity index (χ4n) is 4.13. The number of anilines is 3. The third-order valence-electron chi connectivity index (χ3n) is 6.46. The normalized spacial score (nSPS) is 13.4. The Morgan fingerprint density at radius 2 is 1.28 bits per heavy atom.